The van der Waals surface area contributed by atoms with Gasteiger partial charge >= 0.3 is 6.36 Å². The fourth-order valence-electron chi connectivity index (χ4n) is 3.28. The maximum Gasteiger partial charge on any atom is 0.573 e. The number of amides is 1. The Kier molecular flexibility index (Phi) is 7.03. The number of benzene rings is 2. The molecule has 2 unspecified atom stereocenters. The zero-order valence-electron chi connectivity index (χ0n) is 17.0. The first-order chi connectivity index (χ1) is 14.8. The maximum atomic E-state index is 13.1. The molecule has 1 N–H and O–H groups in total. The number of anilines is 1. The molecule has 2 aromatic carbocycles. The summed E-state index contributed by atoms with van der Waals surface area (Å²) in [6, 6.07) is 8.45. The highest BCUT2D eigenvalue weighted by molar-refractivity contribution is 7.89. The minimum Gasteiger partial charge on any atom is -0.406 e. The molecular weight excluding hydrogens is 473 g/mol. The Bertz CT molecular complexity index is 1100. The predicted molar refractivity (Wildman–Crippen MR) is 111 cm³/mol. The molecule has 0 spiro atoms. The van der Waals surface area contributed by atoms with Crippen LogP contribution in [0.4, 0.5) is 18.9 Å². The molecular formula is C20H20ClF3N2O5S. The number of sulfonamides is 1. The second-order valence-corrected chi connectivity index (χ2v) is 9.57. The summed E-state index contributed by atoms with van der Waals surface area (Å²) in [5.74, 6) is -1.24. The van der Waals surface area contributed by atoms with E-state index in [1.54, 1.807) is 13.8 Å². The van der Waals surface area contributed by atoms with Gasteiger partial charge in [0.05, 0.1) is 17.2 Å². The second kappa shape index (κ2) is 9.26. The van der Waals surface area contributed by atoms with E-state index in [-0.39, 0.29) is 46.5 Å². The van der Waals surface area contributed by atoms with Crippen molar-refractivity contribution in [2.75, 3.05) is 18.4 Å². The van der Waals surface area contributed by atoms with Gasteiger partial charge in [-0.05, 0) is 44.2 Å². The van der Waals surface area contributed by atoms with Crippen LogP contribution in [0.2, 0.25) is 5.02 Å². The average Bonchev–Trinajstić information content (AvgIpc) is 2.66. The van der Waals surface area contributed by atoms with Gasteiger partial charge in [0, 0.05) is 30.4 Å². The van der Waals surface area contributed by atoms with Crippen LogP contribution in [0.15, 0.2) is 47.4 Å². The molecule has 174 valence electrons. The molecule has 1 heterocycles. The SMILES string of the molecule is CC1CN(S(=O)(=O)c2cc(C(=O)Nc3cccc(OC(F)(F)F)c3)ccc2Cl)CC(C)O1. The number of carbonyl (C=O) groups is 1. The van der Waals surface area contributed by atoms with Crippen LogP contribution in [0.3, 0.4) is 0 Å². The predicted octanol–water partition coefficient (Wildman–Crippen LogP) is 4.29. The largest absolute Gasteiger partial charge is 0.573 e. The molecule has 1 saturated heterocycles. The summed E-state index contributed by atoms with van der Waals surface area (Å²) < 4.78 is 74.1. The highest BCUT2D eigenvalue weighted by Gasteiger charge is 2.34. The quantitative estimate of drug-likeness (QED) is 0.673. The number of alkyl halides is 3. The third kappa shape index (κ3) is 5.91. The van der Waals surface area contributed by atoms with Crippen molar-refractivity contribution in [1.82, 2.24) is 4.31 Å². The van der Waals surface area contributed by atoms with Gasteiger partial charge < -0.3 is 14.8 Å². The van der Waals surface area contributed by atoms with Gasteiger partial charge in [0.25, 0.3) is 5.91 Å². The second-order valence-electron chi connectivity index (χ2n) is 7.25. The van der Waals surface area contributed by atoms with Crippen molar-refractivity contribution in [3.8, 4) is 5.75 Å². The Balaban J connectivity index is 1.84. The zero-order valence-corrected chi connectivity index (χ0v) is 18.6. The number of hydrogen-bond donors (Lipinski definition) is 1. The lowest BCUT2D eigenvalue weighted by Crippen LogP contribution is -2.48. The number of hydrogen-bond acceptors (Lipinski definition) is 5. The van der Waals surface area contributed by atoms with Crippen molar-refractivity contribution in [2.45, 2.75) is 37.3 Å². The minimum absolute atomic E-state index is 0.0342. The van der Waals surface area contributed by atoms with Crippen LogP contribution >= 0.6 is 11.6 Å². The Morgan fingerprint density at radius 1 is 1.16 bits per heavy atom. The number of nitrogens with zero attached hydrogens (tertiary/aromatic N) is 1. The summed E-state index contributed by atoms with van der Waals surface area (Å²) in [6.45, 7) is 3.76. The number of carbonyl (C=O) groups excluding carboxylic acids is 1. The number of nitrogens with one attached hydrogen (secondary N) is 1. The molecule has 2 atom stereocenters. The summed E-state index contributed by atoms with van der Waals surface area (Å²) in [7, 11) is -4.02. The molecule has 0 aromatic heterocycles. The summed E-state index contributed by atoms with van der Waals surface area (Å²) in [4.78, 5) is 12.4. The third-order valence-electron chi connectivity index (χ3n) is 4.52. The average molecular weight is 493 g/mol. The third-order valence-corrected chi connectivity index (χ3v) is 6.84. The van der Waals surface area contributed by atoms with Crippen LogP contribution in [-0.2, 0) is 14.8 Å². The van der Waals surface area contributed by atoms with Gasteiger partial charge in [-0.1, -0.05) is 17.7 Å². The molecule has 1 amide bonds. The monoisotopic (exact) mass is 492 g/mol. The summed E-state index contributed by atoms with van der Waals surface area (Å²) in [5.41, 5.74) is -0.00332. The summed E-state index contributed by atoms with van der Waals surface area (Å²) in [6.07, 6.45) is -5.51. The lowest BCUT2D eigenvalue weighted by atomic mass is 10.2. The summed E-state index contributed by atoms with van der Waals surface area (Å²) >= 11 is 6.13. The van der Waals surface area contributed by atoms with Crippen LogP contribution in [0.25, 0.3) is 0 Å². The van der Waals surface area contributed by atoms with Crippen molar-refractivity contribution in [3.05, 3.63) is 53.1 Å². The molecule has 3 rings (SSSR count). The lowest BCUT2D eigenvalue weighted by molar-refractivity contribution is -0.274. The van der Waals surface area contributed by atoms with Crippen molar-refractivity contribution < 1.29 is 35.9 Å². The first kappa shape index (κ1) is 24.3. The van der Waals surface area contributed by atoms with Crippen molar-refractivity contribution >= 4 is 33.2 Å². The lowest BCUT2D eigenvalue weighted by Gasteiger charge is -2.34. The standard InChI is InChI=1S/C20H20ClF3N2O5S/c1-12-10-26(11-13(2)30-12)32(28,29)18-8-14(6-7-17(18)21)19(27)25-15-4-3-5-16(9-15)31-20(22,23)24/h3-9,12-13H,10-11H2,1-2H3,(H,25,27). The van der Waals surface area contributed by atoms with Gasteiger partial charge in [0.15, 0.2) is 0 Å². The molecule has 7 nitrogen and oxygen atoms in total. The van der Waals surface area contributed by atoms with E-state index in [0.29, 0.717) is 0 Å². The van der Waals surface area contributed by atoms with E-state index >= 15 is 0 Å². The van der Waals surface area contributed by atoms with Gasteiger partial charge in [-0.3, -0.25) is 4.79 Å². The van der Waals surface area contributed by atoms with Crippen LogP contribution in [0.1, 0.15) is 24.2 Å². The molecule has 2 aromatic rings. The number of rotatable bonds is 5. The number of ether oxygens (including phenoxy) is 2. The number of morpholine rings is 1. The smallest absolute Gasteiger partial charge is 0.406 e. The van der Waals surface area contributed by atoms with Gasteiger partial charge in [-0.2, -0.15) is 4.31 Å². The Morgan fingerprint density at radius 3 is 2.44 bits per heavy atom. The van der Waals surface area contributed by atoms with Crippen LogP contribution in [0, 0.1) is 0 Å². The minimum atomic E-state index is -4.88. The van der Waals surface area contributed by atoms with E-state index in [1.807, 2.05) is 0 Å². The Hall–Kier alpha value is -2.34. The van der Waals surface area contributed by atoms with Gasteiger partial charge in [-0.25, -0.2) is 8.42 Å². The molecule has 1 aliphatic heterocycles. The zero-order chi connectivity index (χ0) is 23.7. The Labute approximate surface area is 188 Å². The first-order valence-electron chi connectivity index (χ1n) is 9.47. The van der Waals surface area contributed by atoms with Gasteiger partial charge in [0.1, 0.15) is 10.6 Å². The molecule has 0 saturated carbocycles. The Morgan fingerprint density at radius 2 is 1.81 bits per heavy atom. The van der Waals surface area contributed by atoms with E-state index in [2.05, 4.69) is 10.1 Å². The number of halogens is 4. The van der Waals surface area contributed by atoms with Crippen LogP contribution in [-0.4, -0.2) is 50.3 Å². The van der Waals surface area contributed by atoms with E-state index in [1.165, 1.54) is 28.6 Å². The molecule has 0 radical (unpaired) electrons. The fraction of sp³-hybridized carbons (Fsp3) is 0.350. The van der Waals surface area contributed by atoms with Gasteiger partial charge in [-0.15, -0.1) is 13.2 Å². The first-order valence-corrected chi connectivity index (χ1v) is 11.3. The highest BCUT2D eigenvalue weighted by atomic mass is 35.5. The van der Waals surface area contributed by atoms with E-state index in [4.69, 9.17) is 16.3 Å². The van der Waals surface area contributed by atoms with Crippen molar-refractivity contribution in [2.24, 2.45) is 0 Å². The van der Waals surface area contributed by atoms with E-state index in [9.17, 15) is 26.4 Å². The fourth-order valence-corrected chi connectivity index (χ4v) is 5.37. The van der Waals surface area contributed by atoms with E-state index in [0.717, 1.165) is 18.2 Å². The topological polar surface area (TPSA) is 84.9 Å². The molecule has 1 fully saturated rings. The normalized spacial score (nSPS) is 20.1. The van der Waals surface area contributed by atoms with E-state index < -0.39 is 28.0 Å². The highest BCUT2D eigenvalue weighted by Crippen LogP contribution is 2.29. The van der Waals surface area contributed by atoms with Gasteiger partial charge in [0.2, 0.25) is 10.0 Å². The maximum absolute atomic E-state index is 13.1. The molecule has 12 heteroatoms. The van der Waals surface area contributed by atoms with Crippen LogP contribution < -0.4 is 10.1 Å². The van der Waals surface area contributed by atoms with Crippen molar-refractivity contribution in [1.29, 1.82) is 0 Å². The van der Waals surface area contributed by atoms with Crippen molar-refractivity contribution in [3.63, 3.8) is 0 Å². The molecule has 0 aliphatic carbocycles. The summed E-state index contributed by atoms with van der Waals surface area (Å²) in [5, 5.41) is 2.36. The molecule has 1 aliphatic rings. The molecule has 32 heavy (non-hydrogen) atoms. The molecule has 0 bridgehead atoms. The van der Waals surface area contributed by atoms with Crippen LogP contribution in [0.5, 0.6) is 5.75 Å².